The Labute approximate surface area is 132 Å². The molecule has 21 heavy (non-hydrogen) atoms. The van der Waals surface area contributed by atoms with Gasteiger partial charge in [0.05, 0.1) is 5.69 Å². The number of furan rings is 1. The fourth-order valence-electron chi connectivity index (χ4n) is 2.22. The van der Waals surface area contributed by atoms with Gasteiger partial charge < -0.3 is 10.2 Å². The van der Waals surface area contributed by atoms with Crippen LogP contribution in [-0.4, -0.2) is 8.42 Å². The minimum atomic E-state index is -3.76. The van der Waals surface area contributed by atoms with Crippen molar-refractivity contribution in [2.75, 3.05) is 4.72 Å². The third-order valence-corrected chi connectivity index (χ3v) is 5.85. The number of nitrogens with one attached hydrogen (secondary N) is 1. The van der Waals surface area contributed by atoms with E-state index in [0.29, 0.717) is 27.2 Å². The Morgan fingerprint density at radius 2 is 1.90 bits per heavy atom. The number of anilines is 1. The molecule has 0 spiro atoms. The molecule has 3 N–H and O–H groups in total. The molecule has 2 aromatic rings. The maximum atomic E-state index is 12.6. The van der Waals surface area contributed by atoms with Crippen LogP contribution in [0.4, 0.5) is 5.69 Å². The van der Waals surface area contributed by atoms with Gasteiger partial charge in [0.1, 0.15) is 16.4 Å². The lowest BCUT2D eigenvalue weighted by Gasteiger charge is -2.11. The van der Waals surface area contributed by atoms with Crippen molar-refractivity contribution in [3.63, 3.8) is 0 Å². The van der Waals surface area contributed by atoms with E-state index in [1.165, 1.54) is 0 Å². The van der Waals surface area contributed by atoms with Crippen molar-refractivity contribution < 1.29 is 12.8 Å². The topological polar surface area (TPSA) is 85.3 Å². The fraction of sp³-hybridized carbons (Fsp3) is 0.286. The van der Waals surface area contributed by atoms with Gasteiger partial charge in [0, 0.05) is 16.6 Å². The van der Waals surface area contributed by atoms with E-state index in [-0.39, 0.29) is 11.4 Å². The van der Waals surface area contributed by atoms with Gasteiger partial charge in [-0.25, -0.2) is 8.42 Å². The minimum Gasteiger partial charge on any atom is -0.465 e. The molecular weight excluding hydrogens is 356 g/mol. The Balaban J connectivity index is 2.51. The van der Waals surface area contributed by atoms with Crippen LogP contribution in [-0.2, 0) is 16.6 Å². The summed E-state index contributed by atoms with van der Waals surface area (Å²) in [7, 11) is -3.76. The molecule has 1 aromatic heterocycles. The number of hydrogen-bond acceptors (Lipinski definition) is 4. The lowest BCUT2D eigenvalue weighted by atomic mass is 10.2. The third kappa shape index (κ3) is 3.00. The number of aryl methyl sites for hydroxylation is 3. The lowest BCUT2D eigenvalue weighted by Crippen LogP contribution is -2.16. The largest absolute Gasteiger partial charge is 0.465 e. The highest BCUT2D eigenvalue weighted by Gasteiger charge is 2.26. The van der Waals surface area contributed by atoms with Gasteiger partial charge in [-0.3, -0.25) is 4.72 Å². The zero-order valence-corrected chi connectivity index (χ0v) is 14.4. The molecule has 0 bridgehead atoms. The predicted octanol–water partition coefficient (Wildman–Crippen LogP) is 3.23. The Morgan fingerprint density at radius 3 is 2.52 bits per heavy atom. The Bertz CT molecular complexity index is 782. The van der Waals surface area contributed by atoms with E-state index in [0.717, 1.165) is 5.56 Å². The van der Waals surface area contributed by atoms with Crippen LogP contribution in [0.5, 0.6) is 0 Å². The van der Waals surface area contributed by atoms with Crippen LogP contribution < -0.4 is 10.5 Å². The van der Waals surface area contributed by atoms with E-state index in [4.69, 9.17) is 10.2 Å². The van der Waals surface area contributed by atoms with Gasteiger partial charge >= 0.3 is 0 Å². The summed E-state index contributed by atoms with van der Waals surface area (Å²) in [5.41, 5.74) is 7.57. The summed E-state index contributed by atoms with van der Waals surface area (Å²) in [6.07, 6.45) is 0. The normalized spacial score (nSPS) is 11.7. The minimum absolute atomic E-state index is 0.106. The Kier molecular flexibility index (Phi) is 4.46. The molecule has 0 aliphatic rings. The van der Waals surface area contributed by atoms with Crippen LogP contribution in [0.3, 0.4) is 0 Å². The maximum absolute atomic E-state index is 12.6. The van der Waals surface area contributed by atoms with E-state index in [9.17, 15) is 8.42 Å². The first kappa shape index (κ1) is 16.1. The first-order chi connectivity index (χ1) is 9.77. The monoisotopic (exact) mass is 372 g/mol. The van der Waals surface area contributed by atoms with Crippen molar-refractivity contribution >= 4 is 31.6 Å². The van der Waals surface area contributed by atoms with Crippen LogP contribution in [0.25, 0.3) is 0 Å². The highest BCUT2D eigenvalue weighted by atomic mass is 79.9. The van der Waals surface area contributed by atoms with Gasteiger partial charge in [0.15, 0.2) is 0 Å². The van der Waals surface area contributed by atoms with E-state index >= 15 is 0 Å². The summed E-state index contributed by atoms with van der Waals surface area (Å²) >= 11 is 3.39. The number of nitrogens with two attached hydrogens (primary N) is 1. The summed E-state index contributed by atoms with van der Waals surface area (Å²) < 4.78 is 34.0. The summed E-state index contributed by atoms with van der Waals surface area (Å²) in [6, 6.07) is 5.37. The fourth-order valence-corrected chi connectivity index (χ4v) is 4.25. The smallest absolute Gasteiger partial charge is 0.265 e. The van der Waals surface area contributed by atoms with E-state index in [1.54, 1.807) is 26.0 Å². The number of rotatable bonds is 4. The van der Waals surface area contributed by atoms with Gasteiger partial charge in [-0.05, 0) is 48.3 Å². The lowest BCUT2D eigenvalue weighted by molar-refractivity contribution is 0.494. The first-order valence-electron chi connectivity index (χ1n) is 6.34. The number of sulfonamides is 1. The van der Waals surface area contributed by atoms with Crippen molar-refractivity contribution in [3.05, 3.63) is 45.3 Å². The predicted molar refractivity (Wildman–Crippen MR) is 85.8 cm³/mol. The van der Waals surface area contributed by atoms with Crippen LogP contribution in [0.2, 0.25) is 0 Å². The molecule has 5 nitrogen and oxygen atoms in total. The van der Waals surface area contributed by atoms with Crippen molar-refractivity contribution in [2.24, 2.45) is 5.73 Å². The highest BCUT2D eigenvalue weighted by Crippen LogP contribution is 2.31. The molecule has 0 amide bonds. The summed E-state index contributed by atoms with van der Waals surface area (Å²) in [6.45, 7) is 5.32. The third-order valence-electron chi connectivity index (χ3n) is 3.23. The van der Waals surface area contributed by atoms with E-state index in [2.05, 4.69) is 20.7 Å². The molecule has 7 heteroatoms. The molecule has 1 aromatic carbocycles. The van der Waals surface area contributed by atoms with Crippen molar-refractivity contribution in [2.45, 2.75) is 32.2 Å². The molecule has 0 radical (unpaired) electrons. The van der Waals surface area contributed by atoms with Gasteiger partial charge in [-0.2, -0.15) is 0 Å². The Hall–Kier alpha value is -1.31. The number of hydrogen-bond donors (Lipinski definition) is 2. The zero-order chi connectivity index (χ0) is 15.8. The second-order valence-corrected chi connectivity index (χ2v) is 7.18. The molecule has 0 saturated carbocycles. The average Bonchev–Trinajstić information content (AvgIpc) is 2.69. The van der Waals surface area contributed by atoms with Gasteiger partial charge in [-0.1, -0.05) is 12.1 Å². The van der Waals surface area contributed by atoms with Crippen LogP contribution in [0.15, 0.2) is 32.0 Å². The number of halogens is 1. The zero-order valence-electron chi connectivity index (χ0n) is 12.0. The van der Waals surface area contributed by atoms with Gasteiger partial charge in [0.2, 0.25) is 0 Å². The molecule has 0 fully saturated rings. The number of benzene rings is 1. The van der Waals surface area contributed by atoms with Crippen molar-refractivity contribution in [3.8, 4) is 0 Å². The molecule has 0 unspecified atom stereocenters. The molecule has 114 valence electrons. The molecule has 0 aliphatic carbocycles. The van der Waals surface area contributed by atoms with Gasteiger partial charge in [-0.15, -0.1) is 0 Å². The van der Waals surface area contributed by atoms with Crippen LogP contribution >= 0.6 is 15.9 Å². The standard InChI is InChI=1S/C14H17BrN2O3S/c1-8-5-4-6-12(13(8)15)17-21(18,19)14-10(3)20-9(2)11(14)7-16/h4-6,17H,7,16H2,1-3H3. The molecule has 0 saturated heterocycles. The highest BCUT2D eigenvalue weighted by molar-refractivity contribution is 9.10. The molecule has 0 aliphatic heterocycles. The van der Waals surface area contributed by atoms with E-state index in [1.807, 2.05) is 13.0 Å². The Morgan fingerprint density at radius 1 is 1.24 bits per heavy atom. The van der Waals surface area contributed by atoms with E-state index < -0.39 is 10.0 Å². The second-order valence-electron chi connectivity index (χ2n) is 4.77. The summed E-state index contributed by atoms with van der Waals surface area (Å²) in [4.78, 5) is 0.121. The SMILES string of the molecule is Cc1cccc(NS(=O)(=O)c2c(C)oc(C)c2CN)c1Br. The van der Waals surface area contributed by atoms with Crippen molar-refractivity contribution in [1.82, 2.24) is 0 Å². The van der Waals surface area contributed by atoms with Gasteiger partial charge in [0.25, 0.3) is 10.0 Å². The molecule has 2 rings (SSSR count). The molecular formula is C14H17BrN2O3S. The first-order valence-corrected chi connectivity index (χ1v) is 8.62. The summed E-state index contributed by atoms with van der Waals surface area (Å²) in [5, 5.41) is 0. The van der Waals surface area contributed by atoms with Crippen molar-refractivity contribution in [1.29, 1.82) is 0 Å². The summed E-state index contributed by atoms with van der Waals surface area (Å²) in [5.74, 6) is 0.864. The molecule has 1 heterocycles. The maximum Gasteiger partial charge on any atom is 0.265 e. The average molecular weight is 373 g/mol. The second kappa shape index (κ2) is 5.82. The van der Waals surface area contributed by atoms with Crippen LogP contribution in [0, 0.1) is 20.8 Å². The molecule has 0 atom stereocenters. The quantitative estimate of drug-likeness (QED) is 0.862. The van der Waals surface area contributed by atoms with Crippen LogP contribution in [0.1, 0.15) is 22.6 Å².